The predicted molar refractivity (Wildman–Crippen MR) is 194 cm³/mol. The number of nitrogens with one attached hydrogen (secondary N) is 2. The molecule has 0 amide bonds. The number of nitrogens with two attached hydrogens (primary N) is 1. The fourth-order valence-electron chi connectivity index (χ4n) is 5.02. The van der Waals surface area contributed by atoms with Gasteiger partial charge in [-0.15, -0.1) is 0 Å². The summed E-state index contributed by atoms with van der Waals surface area (Å²) in [6.07, 6.45) is -3.21. The molecule has 2 heterocycles. The molecule has 0 unspecified atom stereocenters. The highest BCUT2D eigenvalue weighted by Crippen LogP contribution is 2.53. The van der Waals surface area contributed by atoms with E-state index in [4.69, 9.17) is 38.0 Å². The van der Waals surface area contributed by atoms with Crippen LogP contribution in [0.5, 0.6) is 11.5 Å². The summed E-state index contributed by atoms with van der Waals surface area (Å²) in [4.78, 5) is 41.9. The van der Waals surface area contributed by atoms with E-state index in [-0.39, 0.29) is 17.9 Å². The molecule has 4 N–H and O–H groups in total. The number of hydrogen-bond acceptors (Lipinski definition) is 14. The minimum Gasteiger partial charge on any atom is -0.462 e. The average Bonchev–Trinajstić information content (AvgIpc) is 3.40. The van der Waals surface area contributed by atoms with Crippen LogP contribution in [0.25, 0.3) is 0 Å². The van der Waals surface area contributed by atoms with Crippen molar-refractivity contribution in [2.45, 2.75) is 97.1 Å². The lowest BCUT2D eigenvalue weighted by atomic mass is 10.0. The summed E-state index contributed by atoms with van der Waals surface area (Å²) in [7, 11) is -9.11. The minimum absolute atomic E-state index is 0.0967. The lowest BCUT2D eigenvalue weighted by molar-refractivity contribution is -0.150. The second-order valence-electron chi connectivity index (χ2n) is 13.1. The van der Waals surface area contributed by atoms with Crippen molar-refractivity contribution < 1.29 is 55.4 Å². The molecule has 0 spiro atoms. The Morgan fingerprint density at radius 3 is 1.89 bits per heavy atom. The Labute approximate surface area is 312 Å². The molecular formula is C34H46FN5O12P2. The Kier molecular flexibility index (Phi) is 14.2. The molecule has 1 aromatic heterocycles. The summed E-state index contributed by atoms with van der Waals surface area (Å²) in [6.45, 7) is 10.1. The van der Waals surface area contributed by atoms with E-state index < -0.39 is 93.6 Å². The highest BCUT2D eigenvalue weighted by Gasteiger charge is 2.53. The van der Waals surface area contributed by atoms with Crippen LogP contribution in [0.2, 0.25) is 0 Å². The molecular weight excluding hydrogens is 751 g/mol. The number of hydrogen-bond donors (Lipinski definition) is 3. The Morgan fingerprint density at radius 1 is 0.907 bits per heavy atom. The molecule has 1 fully saturated rings. The Hall–Kier alpha value is -4.15. The van der Waals surface area contributed by atoms with Crippen molar-refractivity contribution in [3.05, 3.63) is 83.2 Å². The number of carbonyl (C=O) groups excluding carboxylic acids is 2. The zero-order chi connectivity index (χ0) is 39.8. The Balaban J connectivity index is 1.73. The van der Waals surface area contributed by atoms with Gasteiger partial charge in [0.15, 0.2) is 11.6 Å². The summed E-state index contributed by atoms with van der Waals surface area (Å²) in [6, 6.07) is 13.5. The topological polar surface area (TPSA) is 218 Å². The van der Waals surface area contributed by atoms with Gasteiger partial charge in [0.2, 0.25) is 0 Å². The van der Waals surface area contributed by atoms with Crippen LogP contribution in [-0.4, -0.2) is 64.1 Å². The third-order valence-electron chi connectivity index (χ3n) is 7.59. The van der Waals surface area contributed by atoms with Crippen molar-refractivity contribution in [1.29, 1.82) is 0 Å². The Morgan fingerprint density at radius 2 is 1.39 bits per heavy atom. The average molecular weight is 798 g/mol. The van der Waals surface area contributed by atoms with Crippen LogP contribution in [0, 0.1) is 5.82 Å². The predicted octanol–water partition coefficient (Wildman–Crippen LogP) is 5.28. The molecule has 54 heavy (non-hydrogen) atoms. The molecule has 0 bridgehead atoms. The van der Waals surface area contributed by atoms with Gasteiger partial charge in [0.05, 0.1) is 25.0 Å². The number of anilines is 1. The first-order valence-electron chi connectivity index (χ1n) is 17.0. The van der Waals surface area contributed by atoms with Crippen molar-refractivity contribution in [2.24, 2.45) is 0 Å². The van der Waals surface area contributed by atoms with Gasteiger partial charge in [-0.25, -0.2) is 18.3 Å². The van der Waals surface area contributed by atoms with Crippen molar-refractivity contribution in [1.82, 2.24) is 19.7 Å². The summed E-state index contributed by atoms with van der Waals surface area (Å²) < 4.78 is 84.9. The molecule has 7 atom stereocenters. The number of rotatable bonds is 18. The summed E-state index contributed by atoms with van der Waals surface area (Å²) in [5, 5.41) is 5.16. The van der Waals surface area contributed by atoms with E-state index in [1.165, 1.54) is 45.0 Å². The molecule has 20 heteroatoms. The second kappa shape index (κ2) is 18.0. The van der Waals surface area contributed by atoms with E-state index in [0.29, 0.717) is 0 Å². The normalized spacial score (nSPS) is 21.8. The van der Waals surface area contributed by atoms with Crippen LogP contribution in [-0.2, 0) is 42.0 Å². The van der Waals surface area contributed by atoms with Crippen LogP contribution in [0.1, 0.15) is 61.1 Å². The molecule has 1 saturated heterocycles. The molecule has 1 aliphatic rings. The number of nitrogens with zero attached hydrogens (tertiary/aromatic N) is 2. The first kappa shape index (κ1) is 42.6. The van der Waals surface area contributed by atoms with Crippen molar-refractivity contribution in [3.63, 3.8) is 0 Å². The van der Waals surface area contributed by atoms with Crippen molar-refractivity contribution in [3.8, 4) is 11.5 Å². The van der Waals surface area contributed by atoms with Gasteiger partial charge in [-0.1, -0.05) is 36.4 Å². The summed E-state index contributed by atoms with van der Waals surface area (Å²) in [5.74, 6) is -2.96. The molecule has 296 valence electrons. The van der Waals surface area contributed by atoms with E-state index in [0.717, 1.165) is 10.8 Å². The van der Waals surface area contributed by atoms with Crippen LogP contribution in [0.15, 0.2) is 71.7 Å². The highest BCUT2D eigenvalue weighted by atomic mass is 31.2. The maximum atomic E-state index is 14.6. The quantitative estimate of drug-likeness (QED) is 0.110. The SMILES string of the molecule is CC(C)OC(=O)[C@H](C)N[P@@](=O)(OC[C@@]1(C)O[C@@H](n2cc(F)c(N)nc2=O)C[C@@H]1O[P@](=O)(N[C@@H](C)C(=O)OC(C)C)Oc1ccccc1)Oc1ccccc1. The number of benzene rings is 2. The molecule has 0 aliphatic carbocycles. The van der Waals surface area contributed by atoms with Crippen molar-refractivity contribution in [2.75, 3.05) is 12.3 Å². The number of carbonyl (C=O) groups is 2. The van der Waals surface area contributed by atoms with Gasteiger partial charge in [-0.2, -0.15) is 15.2 Å². The molecule has 0 saturated carbocycles. The number of nitrogen functional groups attached to an aromatic ring is 1. The van der Waals surface area contributed by atoms with Crippen LogP contribution >= 0.6 is 15.5 Å². The first-order valence-corrected chi connectivity index (χ1v) is 20.1. The molecule has 17 nitrogen and oxygen atoms in total. The maximum Gasteiger partial charge on any atom is 0.459 e. The van der Waals surface area contributed by atoms with E-state index in [2.05, 4.69) is 15.2 Å². The van der Waals surface area contributed by atoms with Gasteiger partial charge < -0.3 is 29.0 Å². The Bertz CT molecular complexity index is 1900. The second-order valence-corrected chi connectivity index (χ2v) is 16.5. The largest absolute Gasteiger partial charge is 0.462 e. The standard InChI is InChI=1S/C34H46FN5O12P2/c1-21(2)47-31(41)23(5)38-53(44,50-25-14-10-8-11-15-25)46-20-34(7)28(18-29(49-34)40-19-27(35)30(36)37-33(40)43)52-54(45,51-26-16-12-9-13-17-26)39-24(6)32(42)48-22(3)4/h8-17,19,21-24,28-29H,18,20H2,1-7H3,(H,38,44)(H,39,45)(H2,36,37,43)/t23-,24-,28-,29+,34+,53+,54-/m0/s1. The van der Waals surface area contributed by atoms with Crippen LogP contribution in [0.4, 0.5) is 10.2 Å². The highest BCUT2D eigenvalue weighted by molar-refractivity contribution is 7.52. The van der Waals surface area contributed by atoms with E-state index in [1.54, 1.807) is 64.1 Å². The summed E-state index contributed by atoms with van der Waals surface area (Å²) >= 11 is 0. The van der Waals surface area contributed by atoms with Gasteiger partial charge in [0.1, 0.15) is 41.5 Å². The lowest BCUT2D eigenvalue weighted by Crippen LogP contribution is -2.45. The van der Waals surface area contributed by atoms with Crippen LogP contribution < -0.4 is 30.6 Å². The number of para-hydroxylation sites is 2. The number of aromatic nitrogens is 2. The third-order valence-corrected chi connectivity index (χ3v) is 10.9. The third kappa shape index (κ3) is 11.7. The first-order chi connectivity index (χ1) is 25.3. The van der Waals surface area contributed by atoms with Gasteiger partial charge in [0, 0.05) is 6.42 Å². The van der Waals surface area contributed by atoms with E-state index in [9.17, 15) is 27.9 Å². The minimum atomic E-state index is -4.60. The smallest absolute Gasteiger partial charge is 0.459 e. The summed E-state index contributed by atoms with van der Waals surface area (Å²) in [5.41, 5.74) is 2.73. The number of esters is 2. The number of halogens is 1. The van der Waals surface area contributed by atoms with E-state index >= 15 is 0 Å². The fourth-order valence-corrected chi connectivity index (χ4v) is 8.39. The number of ether oxygens (including phenoxy) is 3. The fraction of sp³-hybridized carbons (Fsp3) is 0.471. The monoisotopic (exact) mass is 797 g/mol. The molecule has 0 radical (unpaired) electrons. The molecule has 3 aromatic rings. The van der Waals surface area contributed by atoms with Crippen molar-refractivity contribution >= 4 is 33.2 Å². The zero-order valence-electron chi connectivity index (χ0n) is 30.9. The van der Waals surface area contributed by atoms with Gasteiger partial charge in [-0.05, 0) is 72.7 Å². The molecule has 4 rings (SSSR count). The molecule has 2 aromatic carbocycles. The van der Waals surface area contributed by atoms with Crippen LogP contribution in [0.3, 0.4) is 0 Å². The maximum absolute atomic E-state index is 14.6. The van der Waals surface area contributed by atoms with Gasteiger partial charge in [-0.3, -0.25) is 23.2 Å². The van der Waals surface area contributed by atoms with E-state index in [1.807, 2.05) is 0 Å². The van der Waals surface area contributed by atoms with Gasteiger partial charge in [0.25, 0.3) is 0 Å². The lowest BCUT2D eigenvalue weighted by Gasteiger charge is -2.34. The molecule has 1 aliphatic heterocycles. The van der Waals surface area contributed by atoms with Gasteiger partial charge >= 0.3 is 33.1 Å². The zero-order valence-corrected chi connectivity index (χ0v) is 32.7.